The van der Waals surface area contributed by atoms with Gasteiger partial charge >= 0.3 is 0 Å². The van der Waals surface area contributed by atoms with Gasteiger partial charge in [-0.3, -0.25) is 9.56 Å². The number of aliphatic imine (C=N–C) groups is 1. The zero-order valence-electron chi connectivity index (χ0n) is 16.9. The molecule has 1 N–H and O–H groups in total. The zero-order valence-corrected chi connectivity index (χ0v) is 19.2. The van der Waals surface area contributed by atoms with Crippen molar-refractivity contribution in [3.05, 3.63) is 42.1 Å². The third-order valence-corrected chi connectivity index (χ3v) is 6.22. The van der Waals surface area contributed by atoms with E-state index in [1.54, 1.807) is 0 Å². The van der Waals surface area contributed by atoms with E-state index in [-0.39, 0.29) is 24.0 Å². The van der Waals surface area contributed by atoms with E-state index >= 15 is 0 Å². The van der Waals surface area contributed by atoms with Crippen LogP contribution in [0.3, 0.4) is 0 Å². The van der Waals surface area contributed by atoms with Crippen molar-refractivity contribution in [1.29, 1.82) is 0 Å². The second-order valence-electron chi connectivity index (χ2n) is 7.96. The number of hydrogen-bond donors (Lipinski definition) is 1. The Morgan fingerprint density at radius 1 is 1.18 bits per heavy atom. The summed E-state index contributed by atoms with van der Waals surface area (Å²) < 4.78 is 2.03. The lowest BCUT2D eigenvalue weighted by Crippen LogP contribution is -2.41. The highest BCUT2D eigenvalue weighted by Gasteiger charge is 2.39. The predicted octanol–water partition coefficient (Wildman–Crippen LogP) is 3.93. The summed E-state index contributed by atoms with van der Waals surface area (Å²) in [4.78, 5) is 15.9. The van der Waals surface area contributed by atoms with Crippen LogP contribution in [0.5, 0.6) is 0 Å². The number of halogens is 1. The van der Waals surface area contributed by atoms with Crippen LogP contribution in [0.4, 0.5) is 0 Å². The Morgan fingerprint density at radius 2 is 2.00 bits per heavy atom. The number of hydrogen-bond acceptors (Lipinski definition) is 3. The van der Waals surface area contributed by atoms with Gasteiger partial charge in [0.05, 0.1) is 0 Å². The SMILES string of the molecule is CN=C(NCc1cccnc1-n1ccnc1C)N1CCC2(CCCCC2)C1.I. The Kier molecular flexibility index (Phi) is 6.95. The van der Waals surface area contributed by atoms with Crippen molar-refractivity contribution in [1.82, 2.24) is 24.8 Å². The molecule has 3 heterocycles. The Labute approximate surface area is 184 Å². The van der Waals surface area contributed by atoms with Crippen LogP contribution < -0.4 is 5.32 Å². The summed E-state index contributed by atoms with van der Waals surface area (Å²) in [6, 6.07) is 4.11. The fourth-order valence-corrected chi connectivity index (χ4v) is 4.72. The molecule has 1 aliphatic heterocycles. The molecule has 0 radical (unpaired) electrons. The summed E-state index contributed by atoms with van der Waals surface area (Å²) in [5.41, 5.74) is 1.68. The molecular weight excluding hydrogens is 463 g/mol. The van der Waals surface area contributed by atoms with Gasteiger partial charge in [-0.1, -0.05) is 25.3 Å². The van der Waals surface area contributed by atoms with Gasteiger partial charge in [0.2, 0.25) is 0 Å². The van der Waals surface area contributed by atoms with Crippen molar-refractivity contribution in [3.8, 4) is 5.82 Å². The number of imidazole rings is 1. The highest BCUT2D eigenvalue weighted by Crippen LogP contribution is 2.43. The van der Waals surface area contributed by atoms with Crippen LogP contribution in [0.25, 0.3) is 5.82 Å². The van der Waals surface area contributed by atoms with Crippen LogP contribution in [0.2, 0.25) is 0 Å². The van der Waals surface area contributed by atoms with Crippen molar-refractivity contribution >= 4 is 29.9 Å². The topological polar surface area (TPSA) is 58.3 Å². The molecule has 0 aromatic carbocycles. The van der Waals surface area contributed by atoms with Crippen LogP contribution >= 0.6 is 24.0 Å². The monoisotopic (exact) mass is 494 g/mol. The maximum atomic E-state index is 4.58. The minimum Gasteiger partial charge on any atom is -0.352 e. The van der Waals surface area contributed by atoms with Gasteiger partial charge in [0.25, 0.3) is 0 Å². The molecule has 0 unspecified atom stereocenters. The number of guanidine groups is 1. The highest BCUT2D eigenvalue weighted by atomic mass is 127. The van der Waals surface area contributed by atoms with Crippen molar-refractivity contribution in [2.75, 3.05) is 20.1 Å². The molecule has 0 bridgehead atoms. The highest BCUT2D eigenvalue weighted by molar-refractivity contribution is 14.0. The maximum Gasteiger partial charge on any atom is 0.193 e. The number of pyridine rings is 1. The van der Waals surface area contributed by atoms with Crippen molar-refractivity contribution in [2.45, 2.75) is 52.0 Å². The summed E-state index contributed by atoms with van der Waals surface area (Å²) in [6.07, 6.45) is 13.9. The summed E-state index contributed by atoms with van der Waals surface area (Å²) >= 11 is 0. The Balaban J connectivity index is 0.00000225. The van der Waals surface area contributed by atoms with Crippen molar-refractivity contribution < 1.29 is 0 Å². The molecule has 1 saturated carbocycles. The normalized spacial score (nSPS) is 18.9. The third-order valence-electron chi connectivity index (χ3n) is 6.22. The lowest BCUT2D eigenvalue weighted by Gasteiger charge is -2.33. The fourth-order valence-electron chi connectivity index (χ4n) is 4.72. The molecular formula is C21H31IN6. The number of nitrogens with one attached hydrogen (secondary N) is 1. The van der Waals surface area contributed by atoms with Gasteiger partial charge in [0.1, 0.15) is 11.6 Å². The summed E-state index contributed by atoms with van der Waals surface area (Å²) in [7, 11) is 1.89. The van der Waals surface area contributed by atoms with Gasteiger partial charge in [-0.25, -0.2) is 9.97 Å². The predicted molar refractivity (Wildman–Crippen MR) is 123 cm³/mol. The van der Waals surface area contributed by atoms with E-state index in [2.05, 4.69) is 31.2 Å². The van der Waals surface area contributed by atoms with Crippen LogP contribution in [0.15, 0.2) is 35.7 Å². The second-order valence-corrected chi connectivity index (χ2v) is 7.96. The Morgan fingerprint density at radius 3 is 2.71 bits per heavy atom. The quantitative estimate of drug-likeness (QED) is 0.399. The maximum absolute atomic E-state index is 4.58. The standard InChI is InChI=1S/C21H30N6.HI/c1-17-23-12-14-27(17)19-18(7-6-11-24-19)15-25-20(22-2)26-13-10-21(16-26)8-4-3-5-9-21;/h6-7,11-12,14H,3-5,8-10,13,15-16H2,1-2H3,(H,22,25);1H. The van der Waals surface area contributed by atoms with Gasteiger partial charge in [0.15, 0.2) is 5.96 Å². The average Bonchev–Trinajstić information content (AvgIpc) is 3.30. The molecule has 152 valence electrons. The van der Waals surface area contributed by atoms with E-state index in [0.29, 0.717) is 12.0 Å². The molecule has 1 aliphatic carbocycles. The molecule has 2 aromatic heterocycles. The Hall–Kier alpha value is -1.64. The van der Waals surface area contributed by atoms with Crippen molar-refractivity contribution in [3.63, 3.8) is 0 Å². The van der Waals surface area contributed by atoms with Crippen LogP contribution in [0.1, 0.15) is 49.9 Å². The van der Waals surface area contributed by atoms with E-state index in [0.717, 1.165) is 36.3 Å². The van der Waals surface area contributed by atoms with E-state index in [4.69, 9.17) is 0 Å². The van der Waals surface area contributed by atoms with E-state index in [1.807, 2.05) is 43.2 Å². The van der Waals surface area contributed by atoms with Gasteiger partial charge in [-0.15, -0.1) is 24.0 Å². The molecule has 0 amide bonds. The zero-order chi connectivity index (χ0) is 18.7. The summed E-state index contributed by atoms with van der Waals surface area (Å²) in [5.74, 6) is 2.88. The molecule has 0 atom stereocenters. The van der Waals surface area contributed by atoms with Crippen LogP contribution in [-0.2, 0) is 6.54 Å². The fraction of sp³-hybridized carbons (Fsp3) is 0.571. The minimum atomic E-state index is 0. The first-order valence-corrected chi connectivity index (χ1v) is 10.1. The van der Waals surface area contributed by atoms with Crippen LogP contribution in [-0.4, -0.2) is 45.5 Å². The molecule has 1 saturated heterocycles. The molecule has 2 fully saturated rings. The first-order valence-electron chi connectivity index (χ1n) is 10.1. The van der Waals surface area contributed by atoms with E-state index in [9.17, 15) is 0 Å². The van der Waals surface area contributed by atoms with Gasteiger partial charge < -0.3 is 10.2 Å². The number of rotatable bonds is 3. The first kappa shape index (κ1) is 21.1. The molecule has 2 aliphatic rings. The number of aromatic nitrogens is 3. The van der Waals surface area contributed by atoms with Gasteiger partial charge in [-0.2, -0.15) is 0 Å². The number of nitrogens with zero attached hydrogens (tertiary/aromatic N) is 5. The van der Waals surface area contributed by atoms with E-state index < -0.39 is 0 Å². The van der Waals surface area contributed by atoms with E-state index in [1.165, 1.54) is 38.5 Å². The van der Waals surface area contributed by atoms with Crippen molar-refractivity contribution in [2.24, 2.45) is 10.4 Å². The molecule has 2 aromatic rings. The number of aryl methyl sites for hydroxylation is 1. The summed E-state index contributed by atoms with van der Waals surface area (Å²) in [6.45, 7) is 4.96. The number of likely N-dealkylation sites (tertiary alicyclic amines) is 1. The Bertz CT molecular complexity index is 809. The molecule has 1 spiro atoms. The smallest absolute Gasteiger partial charge is 0.193 e. The largest absolute Gasteiger partial charge is 0.352 e. The molecule has 6 nitrogen and oxygen atoms in total. The first-order chi connectivity index (χ1) is 13.2. The second kappa shape index (κ2) is 9.24. The van der Waals surface area contributed by atoms with Gasteiger partial charge in [0, 0.05) is 50.8 Å². The average molecular weight is 494 g/mol. The third kappa shape index (κ3) is 4.34. The molecule has 7 heteroatoms. The molecule has 4 rings (SSSR count). The lowest BCUT2D eigenvalue weighted by molar-refractivity contribution is 0.203. The summed E-state index contributed by atoms with van der Waals surface area (Å²) in [5, 5.41) is 3.57. The van der Waals surface area contributed by atoms with Gasteiger partial charge in [-0.05, 0) is 37.7 Å². The molecule has 28 heavy (non-hydrogen) atoms. The lowest BCUT2D eigenvalue weighted by atomic mass is 9.73. The van der Waals surface area contributed by atoms with Crippen LogP contribution in [0, 0.1) is 12.3 Å². The minimum absolute atomic E-state index is 0.